The summed E-state index contributed by atoms with van der Waals surface area (Å²) in [4.78, 5) is 0. The normalized spacial score (nSPS) is 7.71. The van der Waals surface area contributed by atoms with Crippen molar-refractivity contribution in [3.8, 4) is 30.6 Å². The molecule has 0 saturated carbocycles. The first-order valence-electron chi connectivity index (χ1n) is 3.62. The van der Waals surface area contributed by atoms with Gasteiger partial charge < -0.3 is 0 Å². The maximum atomic E-state index is 8.78. The first kappa shape index (κ1) is 9.34. The number of terminal acetylenes is 1. The highest BCUT2D eigenvalue weighted by atomic mass is 14.3. The van der Waals surface area contributed by atoms with Gasteiger partial charge >= 0.3 is 0 Å². The van der Waals surface area contributed by atoms with E-state index >= 15 is 0 Å². The van der Waals surface area contributed by atoms with Gasteiger partial charge in [-0.25, -0.2) is 0 Å². The van der Waals surface area contributed by atoms with Crippen LogP contribution in [0.4, 0.5) is 0 Å². The van der Waals surface area contributed by atoms with E-state index in [0.29, 0.717) is 5.56 Å². The van der Waals surface area contributed by atoms with Gasteiger partial charge in [-0.1, -0.05) is 5.92 Å². The van der Waals surface area contributed by atoms with E-state index in [1.807, 2.05) is 12.1 Å². The van der Waals surface area contributed by atoms with E-state index in [4.69, 9.17) is 22.2 Å². The lowest BCUT2D eigenvalue weighted by Crippen LogP contribution is -1.93. The molecule has 1 aromatic carbocycles. The second-order valence-electron chi connectivity index (χ2n) is 2.39. The van der Waals surface area contributed by atoms with Crippen LogP contribution in [0.2, 0.25) is 0 Å². The molecule has 0 saturated heterocycles. The molecule has 3 heteroatoms. The molecule has 0 N–H and O–H groups in total. The minimum atomic E-state index is 0.0467. The van der Waals surface area contributed by atoms with E-state index < -0.39 is 0 Å². The van der Waals surface area contributed by atoms with Crippen LogP contribution in [0, 0.1) is 46.3 Å². The van der Waals surface area contributed by atoms with Gasteiger partial charge in [-0.15, -0.1) is 6.42 Å². The van der Waals surface area contributed by atoms with Crippen molar-refractivity contribution in [1.29, 1.82) is 15.8 Å². The Bertz CT molecular complexity index is 491. The third kappa shape index (κ3) is 1.27. The van der Waals surface area contributed by atoms with Crippen LogP contribution in [-0.4, -0.2) is 0 Å². The lowest BCUT2D eigenvalue weighted by Gasteiger charge is -1.99. The molecule has 0 radical (unpaired) electrons. The quantitative estimate of drug-likeness (QED) is 0.560. The molecule has 0 unspecified atom stereocenters. The highest BCUT2D eigenvalue weighted by Gasteiger charge is 2.11. The van der Waals surface area contributed by atoms with Crippen molar-refractivity contribution in [3.05, 3.63) is 34.4 Å². The highest BCUT2D eigenvalue weighted by molar-refractivity contribution is 5.61. The zero-order valence-electron chi connectivity index (χ0n) is 7.07. The van der Waals surface area contributed by atoms with Crippen LogP contribution in [-0.2, 0) is 0 Å². The number of nitriles is 3. The standard InChI is InChI=1S/C11H3N3/c1-2-8-3-4-9(5-12)11(7-14)10(8)6-13/h1,3-4H. The summed E-state index contributed by atoms with van der Waals surface area (Å²) in [6.07, 6.45) is 5.15. The fraction of sp³-hybridized carbons (Fsp3) is 0. The van der Waals surface area contributed by atoms with Crippen LogP contribution in [0.3, 0.4) is 0 Å². The lowest BCUT2D eigenvalue weighted by atomic mass is 9.98. The molecule has 0 aromatic heterocycles. The molecule has 0 spiro atoms. The summed E-state index contributed by atoms with van der Waals surface area (Å²) in [6, 6.07) is 8.38. The first-order chi connectivity index (χ1) is 6.78. The van der Waals surface area contributed by atoms with Crippen LogP contribution < -0.4 is 0 Å². The fourth-order valence-corrected chi connectivity index (χ4v) is 1.05. The molecule has 0 fully saturated rings. The fourth-order valence-electron chi connectivity index (χ4n) is 1.05. The van der Waals surface area contributed by atoms with Crippen LogP contribution in [0.5, 0.6) is 0 Å². The number of hydrogen-bond acceptors (Lipinski definition) is 3. The summed E-state index contributed by atoms with van der Waals surface area (Å²) in [7, 11) is 0. The van der Waals surface area contributed by atoms with E-state index in [1.54, 1.807) is 6.07 Å². The van der Waals surface area contributed by atoms with Crippen molar-refractivity contribution in [2.24, 2.45) is 0 Å². The molecule has 0 bridgehead atoms. The van der Waals surface area contributed by atoms with Gasteiger partial charge in [0.15, 0.2) is 0 Å². The molecule has 0 amide bonds. The molecule has 3 nitrogen and oxygen atoms in total. The third-order valence-corrected chi connectivity index (χ3v) is 1.70. The Morgan fingerprint density at radius 2 is 1.36 bits per heavy atom. The molecule has 0 aliphatic heterocycles. The van der Waals surface area contributed by atoms with Crippen molar-refractivity contribution >= 4 is 0 Å². The van der Waals surface area contributed by atoms with Gasteiger partial charge in [0.25, 0.3) is 0 Å². The monoisotopic (exact) mass is 177 g/mol. The van der Waals surface area contributed by atoms with Crippen molar-refractivity contribution in [2.45, 2.75) is 0 Å². The van der Waals surface area contributed by atoms with E-state index in [0.717, 1.165) is 0 Å². The second-order valence-corrected chi connectivity index (χ2v) is 2.39. The van der Waals surface area contributed by atoms with Gasteiger partial charge in [0.2, 0.25) is 0 Å². The Hall–Kier alpha value is -2.75. The van der Waals surface area contributed by atoms with Crippen LogP contribution in [0.25, 0.3) is 0 Å². The van der Waals surface area contributed by atoms with Crippen LogP contribution >= 0.6 is 0 Å². The molecule has 0 heterocycles. The Morgan fingerprint density at radius 1 is 0.857 bits per heavy atom. The van der Waals surface area contributed by atoms with E-state index in [9.17, 15) is 0 Å². The van der Waals surface area contributed by atoms with Crippen molar-refractivity contribution in [2.75, 3.05) is 0 Å². The van der Waals surface area contributed by atoms with E-state index in [-0.39, 0.29) is 16.7 Å². The van der Waals surface area contributed by atoms with Gasteiger partial charge in [0.05, 0.1) is 16.7 Å². The third-order valence-electron chi connectivity index (χ3n) is 1.70. The topological polar surface area (TPSA) is 71.4 Å². The predicted octanol–water partition coefficient (Wildman–Crippen LogP) is 1.28. The smallest absolute Gasteiger partial charge is 0.102 e. The molecule has 0 atom stereocenters. The molecule has 1 rings (SSSR count). The molecule has 62 valence electrons. The maximum absolute atomic E-state index is 8.78. The molecular formula is C11H3N3. The highest BCUT2D eigenvalue weighted by Crippen LogP contribution is 2.16. The molecule has 0 aliphatic carbocycles. The number of hydrogen-bond donors (Lipinski definition) is 0. The molecule has 14 heavy (non-hydrogen) atoms. The summed E-state index contributed by atoms with van der Waals surface area (Å²) in [5, 5.41) is 26.2. The van der Waals surface area contributed by atoms with Crippen molar-refractivity contribution < 1.29 is 0 Å². The molecular weight excluding hydrogens is 174 g/mol. The Morgan fingerprint density at radius 3 is 1.79 bits per heavy atom. The average Bonchev–Trinajstić information content (AvgIpc) is 2.26. The van der Waals surface area contributed by atoms with Gasteiger partial charge in [0, 0.05) is 5.56 Å². The van der Waals surface area contributed by atoms with Crippen molar-refractivity contribution in [1.82, 2.24) is 0 Å². The van der Waals surface area contributed by atoms with Gasteiger partial charge in [-0.2, -0.15) is 15.8 Å². The number of benzene rings is 1. The first-order valence-corrected chi connectivity index (χ1v) is 3.62. The Labute approximate surface area is 81.4 Å². The van der Waals surface area contributed by atoms with Gasteiger partial charge in [0.1, 0.15) is 18.2 Å². The largest absolute Gasteiger partial charge is 0.192 e. The maximum Gasteiger partial charge on any atom is 0.102 e. The summed E-state index contributed by atoms with van der Waals surface area (Å²) in [5.41, 5.74) is 0.644. The van der Waals surface area contributed by atoms with Crippen molar-refractivity contribution in [3.63, 3.8) is 0 Å². The van der Waals surface area contributed by atoms with Crippen LogP contribution in [0.15, 0.2) is 12.1 Å². The SMILES string of the molecule is C#Cc1ccc(C#N)c(C#N)c1C#N. The minimum absolute atomic E-state index is 0.0467. The molecule has 1 aromatic rings. The zero-order chi connectivity index (χ0) is 10.6. The predicted molar refractivity (Wildman–Crippen MR) is 48.5 cm³/mol. The lowest BCUT2D eigenvalue weighted by molar-refractivity contribution is 1.38. The summed E-state index contributed by atoms with van der Waals surface area (Å²) in [6.45, 7) is 0. The van der Waals surface area contributed by atoms with Crippen LogP contribution in [0.1, 0.15) is 22.3 Å². The summed E-state index contributed by atoms with van der Waals surface area (Å²) in [5.74, 6) is 2.29. The van der Waals surface area contributed by atoms with E-state index in [2.05, 4.69) is 5.92 Å². The van der Waals surface area contributed by atoms with E-state index in [1.165, 1.54) is 12.1 Å². The number of nitrogens with zero attached hydrogens (tertiary/aromatic N) is 3. The zero-order valence-corrected chi connectivity index (χ0v) is 7.07. The summed E-state index contributed by atoms with van der Waals surface area (Å²) >= 11 is 0. The Kier molecular flexibility index (Phi) is 2.52. The van der Waals surface area contributed by atoms with Gasteiger partial charge in [-0.05, 0) is 12.1 Å². The second kappa shape index (κ2) is 3.77. The minimum Gasteiger partial charge on any atom is -0.192 e. The molecule has 0 aliphatic rings. The Balaban J connectivity index is 3.70. The average molecular weight is 177 g/mol. The van der Waals surface area contributed by atoms with Gasteiger partial charge in [-0.3, -0.25) is 0 Å². The summed E-state index contributed by atoms with van der Waals surface area (Å²) < 4.78 is 0. The number of rotatable bonds is 0.